The molecule has 0 spiro atoms. The van der Waals surface area contributed by atoms with E-state index in [2.05, 4.69) is 15.2 Å². The number of hydrogen-bond donors (Lipinski definition) is 0. The fourth-order valence-electron chi connectivity index (χ4n) is 3.03. The van der Waals surface area contributed by atoms with E-state index in [1.807, 2.05) is 18.4 Å². The summed E-state index contributed by atoms with van der Waals surface area (Å²) in [6, 6.07) is 0.231. The predicted molar refractivity (Wildman–Crippen MR) is 85.4 cm³/mol. The largest absolute Gasteiger partial charge is 0.427 e. The Labute approximate surface area is 146 Å². The second-order valence-electron chi connectivity index (χ2n) is 6.28. The van der Waals surface area contributed by atoms with Crippen molar-refractivity contribution in [1.29, 1.82) is 0 Å². The minimum atomic E-state index is -4.56. The van der Waals surface area contributed by atoms with Crippen LogP contribution in [-0.4, -0.2) is 43.6 Å². The Morgan fingerprint density at radius 2 is 2.00 bits per heavy atom. The van der Waals surface area contributed by atoms with Crippen molar-refractivity contribution in [3.8, 4) is 0 Å². The zero-order chi connectivity index (χ0) is 18.2. The van der Waals surface area contributed by atoms with Gasteiger partial charge in [0.2, 0.25) is 0 Å². The van der Waals surface area contributed by atoms with Gasteiger partial charge in [-0.05, 0) is 26.7 Å². The molecule has 0 atom stereocenters. The summed E-state index contributed by atoms with van der Waals surface area (Å²) in [4.78, 5) is 16.6. The molecule has 2 aromatic heterocycles. The van der Waals surface area contributed by atoms with Crippen molar-refractivity contribution in [2.45, 2.75) is 44.8 Å². The van der Waals surface area contributed by atoms with Crippen LogP contribution >= 0.6 is 11.3 Å². The number of carbonyl (C=O) groups is 1. The van der Waals surface area contributed by atoms with E-state index in [0.717, 1.165) is 11.3 Å². The van der Waals surface area contributed by atoms with E-state index < -0.39 is 22.7 Å². The van der Waals surface area contributed by atoms with Crippen LogP contribution < -0.4 is 0 Å². The summed E-state index contributed by atoms with van der Waals surface area (Å²) in [5.41, 5.74) is 0.565. The van der Waals surface area contributed by atoms with Crippen LogP contribution in [0.15, 0.2) is 11.8 Å². The number of rotatable bonds is 3. The zero-order valence-electron chi connectivity index (χ0n) is 13.8. The SMILES string of the molecule is CC(C)n1cnnc1C1CCN(C(=O)c2ncsc2C(F)(F)F)CC1. The first-order chi connectivity index (χ1) is 11.8. The first kappa shape index (κ1) is 17.8. The van der Waals surface area contributed by atoms with Gasteiger partial charge in [-0.2, -0.15) is 13.2 Å². The van der Waals surface area contributed by atoms with Crippen LogP contribution in [0.2, 0.25) is 0 Å². The quantitative estimate of drug-likeness (QED) is 0.828. The summed E-state index contributed by atoms with van der Waals surface area (Å²) in [6.07, 6.45) is -1.59. The molecule has 1 fully saturated rings. The summed E-state index contributed by atoms with van der Waals surface area (Å²) in [7, 11) is 0. The Morgan fingerprint density at radius 1 is 1.32 bits per heavy atom. The third kappa shape index (κ3) is 3.53. The molecule has 0 N–H and O–H groups in total. The number of halogens is 3. The van der Waals surface area contributed by atoms with Crippen molar-refractivity contribution in [3.63, 3.8) is 0 Å². The maximum Gasteiger partial charge on any atom is 0.427 e. The number of piperidine rings is 1. The molecule has 1 amide bonds. The van der Waals surface area contributed by atoms with E-state index in [9.17, 15) is 18.0 Å². The normalized spacial score (nSPS) is 16.6. The zero-order valence-corrected chi connectivity index (χ0v) is 14.6. The molecule has 3 rings (SSSR count). The van der Waals surface area contributed by atoms with E-state index in [1.54, 1.807) is 6.33 Å². The number of alkyl halides is 3. The second-order valence-corrected chi connectivity index (χ2v) is 7.14. The minimum absolute atomic E-state index is 0.145. The highest BCUT2D eigenvalue weighted by atomic mass is 32.1. The average Bonchev–Trinajstić information content (AvgIpc) is 3.23. The summed E-state index contributed by atoms with van der Waals surface area (Å²) >= 11 is 0.447. The molecule has 0 aromatic carbocycles. The van der Waals surface area contributed by atoms with Crippen LogP contribution in [0.4, 0.5) is 13.2 Å². The number of aromatic nitrogens is 4. The highest BCUT2D eigenvalue weighted by Gasteiger charge is 2.39. The Bertz CT molecular complexity index is 746. The molecular weight excluding hydrogens is 355 g/mol. The van der Waals surface area contributed by atoms with E-state index in [0.29, 0.717) is 37.3 Å². The van der Waals surface area contributed by atoms with Crippen LogP contribution in [0.5, 0.6) is 0 Å². The lowest BCUT2D eigenvalue weighted by Gasteiger charge is -2.31. The number of hydrogen-bond acceptors (Lipinski definition) is 5. The van der Waals surface area contributed by atoms with Gasteiger partial charge in [0.25, 0.3) is 5.91 Å². The van der Waals surface area contributed by atoms with Crippen molar-refractivity contribution in [2.24, 2.45) is 0 Å². The van der Waals surface area contributed by atoms with Gasteiger partial charge >= 0.3 is 6.18 Å². The fourth-order valence-corrected chi connectivity index (χ4v) is 3.68. The predicted octanol–water partition coefficient (Wildman–Crippen LogP) is 3.35. The van der Waals surface area contributed by atoms with Crippen LogP contribution in [0.25, 0.3) is 0 Å². The third-order valence-electron chi connectivity index (χ3n) is 4.33. The van der Waals surface area contributed by atoms with Gasteiger partial charge in [0, 0.05) is 25.0 Å². The molecule has 1 saturated heterocycles. The lowest BCUT2D eigenvalue weighted by molar-refractivity contribution is -0.134. The molecule has 3 heterocycles. The lowest BCUT2D eigenvalue weighted by atomic mass is 9.95. The summed E-state index contributed by atoms with van der Waals surface area (Å²) < 4.78 is 40.9. The highest BCUT2D eigenvalue weighted by molar-refractivity contribution is 7.10. The molecule has 25 heavy (non-hydrogen) atoms. The van der Waals surface area contributed by atoms with E-state index in [4.69, 9.17) is 0 Å². The highest BCUT2D eigenvalue weighted by Crippen LogP contribution is 2.36. The number of nitrogens with zero attached hydrogens (tertiary/aromatic N) is 5. The molecule has 136 valence electrons. The van der Waals surface area contributed by atoms with Gasteiger partial charge in [-0.15, -0.1) is 21.5 Å². The first-order valence-corrected chi connectivity index (χ1v) is 8.86. The van der Waals surface area contributed by atoms with Gasteiger partial charge < -0.3 is 9.47 Å². The summed E-state index contributed by atoms with van der Waals surface area (Å²) in [5, 5.41) is 8.13. The standard InChI is InChI=1S/C15H18F3N5OS/c1-9(2)23-7-20-21-13(23)10-3-5-22(6-4-10)14(24)11-12(15(16,17)18)25-8-19-11/h7-10H,3-6H2,1-2H3. The molecule has 6 nitrogen and oxygen atoms in total. The Kier molecular flexibility index (Phi) is 4.81. The fraction of sp³-hybridized carbons (Fsp3) is 0.600. The van der Waals surface area contributed by atoms with Crippen LogP contribution in [0.3, 0.4) is 0 Å². The lowest BCUT2D eigenvalue weighted by Crippen LogP contribution is -2.39. The van der Waals surface area contributed by atoms with E-state index in [1.165, 1.54) is 4.90 Å². The Morgan fingerprint density at radius 3 is 2.60 bits per heavy atom. The van der Waals surface area contributed by atoms with Gasteiger partial charge in [0.1, 0.15) is 17.0 Å². The number of thiazole rings is 1. The van der Waals surface area contributed by atoms with Gasteiger partial charge in [0.05, 0.1) is 5.51 Å². The summed E-state index contributed by atoms with van der Waals surface area (Å²) in [6.45, 7) is 4.82. The Hall–Kier alpha value is -1.97. The average molecular weight is 373 g/mol. The molecule has 1 aliphatic rings. The molecule has 2 aromatic rings. The van der Waals surface area contributed by atoms with E-state index >= 15 is 0 Å². The number of likely N-dealkylation sites (tertiary alicyclic amines) is 1. The van der Waals surface area contributed by atoms with Crippen LogP contribution in [0, 0.1) is 0 Å². The summed E-state index contributed by atoms with van der Waals surface area (Å²) in [5.74, 6) is 0.357. The number of carbonyl (C=O) groups excluding carboxylic acids is 1. The molecular formula is C15H18F3N5OS. The van der Waals surface area contributed by atoms with Crippen molar-refractivity contribution >= 4 is 17.2 Å². The van der Waals surface area contributed by atoms with Crippen molar-refractivity contribution < 1.29 is 18.0 Å². The third-order valence-corrected chi connectivity index (χ3v) is 5.20. The molecule has 0 radical (unpaired) electrons. The molecule has 0 saturated carbocycles. The maximum atomic E-state index is 13.0. The molecule has 0 unspecified atom stereocenters. The van der Waals surface area contributed by atoms with Gasteiger partial charge in [-0.3, -0.25) is 4.79 Å². The number of amides is 1. The minimum Gasteiger partial charge on any atom is -0.337 e. The smallest absolute Gasteiger partial charge is 0.337 e. The molecule has 0 bridgehead atoms. The Balaban J connectivity index is 1.70. The molecule has 0 aliphatic carbocycles. The van der Waals surface area contributed by atoms with Crippen LogP contribution in [-0.2, 0) is 6.18 Å². The van der Waals surface area contributed by atoms with Crippen LogP contribution in [0.1, 0.15) is 59.8 Å². The first-order valence-electron chi connectivity index (χ1n) is 7.98. The van der Waals surface area contributed by atoms with E-state index in [-0.39, 0.29) is 12.0 Å². The van der Waals surface area contributed by atoms with Crippen molar-refractivity contribution in [3.05, 3.63) is 28.2 Å². The molecule has 10 heteroatoms. The van der Waals surface area contributed by atoms with Gasteiger partial charge in [-0.1, -0.05) is 0 Å². The maximum absolute atomic E-state index is 13.0. The van der Waals surface area contributed by atoms with Crippen molar-refractivity contribution in [1.82, 2.24) is 24.6 Å². The van der Waals surface area contributed by atoms with Gasteiger partial charge in [0.15, 0.2) is 5.69 Å². The topological polar surface area (TPSA) is 63.9 Å². The van der Waals surface area contributed by atoms with Gasteiger partial charge in [-0.25, -0.2) is 4.98 Å². The monoisotopic (exact) mass is 373 g/mol. The molecule has 1 aliphatic heterocycles. The van der Waals surface area contributed by atoms with Crippen molar-refractivity contribution in [2.75, 3.05) is 13.1 Å². The second kappa shape index (κ2) is 6.74.